The summed E-state index contributed by atoms with van der Waals surface area (Å²) in [6, 6.07) is 25.8. The first-order valence-corrected chi connectivity index (χ1v) is 25.7. The molecule has 5 aromatic rings. The number of imidazole rings is 1. The van der Waals surface area contributed by atoms with Crippen LogP contribution < -0.4 is 4.74 Å². The van der Waals surface area contributed by atoms with Gasteiger partial charge in [-0.1, -0.05) is 65.7 Å². The minimum atomic E-state index is -2.71. The Hall–Kier alpha value is -5.38. The minimum Gasteiger partial charge on any atom is -0.457 e. The van der Waals surface area contributed by atoms with Gasteiger partial charge in [0, 0.05) is 74.7 Å². The average molecular weight is 1060 g/mol. The number of nitrogens with zero attached hydrogens (tertiary/aromatic N) is 6. The fourth-order valence-electron chi connectivity index (χ4n) is 10.6. The zero-order chi connectivity index (χ0) is 51.1. The second-order valence-electron chi connectivity index (χ2n) is 19.6. The van der Waals surface area contributed by atoms with Crippen molar-refractivity contribution in [1.29, 1.82) is 0 Å². The van der Waals surface area contributed by atoms with Crippen molar-refractivity contribution in [3.05, 3.63) is 135 Å². The highest BCUT2D eigenvalue weighted by Crippen LogP contribution is 2.42. The van der Waals surface area contributed by atoms with Gasteiger partial charge in [-0.15, -0.1) is 12.4 Å². The number of methoxy groups -OCH3 is 1. The molecule has 73 heavy (non-hydrogen) atoms. The SMILES string of the molecule is COC[C@@H]1CC(=O)[C@H](C)N(Cc2ccc(Cl)cc2Oc2ccc(-c3cnc(CN4CCCC4)n3C)cc2)C(=O)C[C@@H]([C@H]2CCc3ccccc32)C(=O)N(CCC(F)F)C[C@@H](Cc2ccc(Cl)cc2)N(C)C1=O.Cl. The van der Waals surface area contributed by atoms with E-state index in [0.29, 0.717) is 39.9 Å². The van der Waals surface area contributed by atoms with E-state index in [1.807, 2.05) is 73.9 Å². The molecule has 1 aliphatic carbocycles. The maximum absolute atomic E-state index is 15.4. The third kappa shape index (κ3) is 13.5. The number of likely N-dealkylation sites (tertiary alicyclic amines) is 1. The number of alkyl halides is 2. The molecule has 4 aromatic carbocycles. The third-order valence-electron chi connectivity index (χ3n) is 14.8. The molecule has 0 unspecified atom stereocenters. The van der Waals surface area contributed by atoms with Gasteiger partial charge in [0.05, 0.1) is 55.5 Å². The maximum atomic E-state index is 15.4. The summed E-state index contributed by atoms with van der Waals surface area (Å²) in [7, 11) is 5.08. The number of rotatable bonds is 15. The van der Waals surface area contributed by atoms with Gasteiger partial charge in [0.2, 0.25) is 24.1 Å². The van der Waals surface area contributed by atoms with E-state index in [1.165, 1.54) is 34.7 Å². The van der Waals surface area contributed by atoms with Crippen LogP contribution in [-0.4, -0.2) is 118 Å². The number of hydrogen-bond acceptors (Lipinski definition) is 8. The number of ether oxygens (including phenoxy) is 2. The first-order valence-electron chi connectivity index (χ1n) is 24.9. The summed E-state index contributed by atoms with van der Waals surface area (Å²) in [5, 5.41) is 0.901. The maximum Gasteiger partial charge on any atom is 0.240 e. The fourth-order valence-corrected chi connectivity index (χ4v) is 10.9. The van der Waals surface area contributed by atoms with Crippen molar-refractivity contribution in [2.45, 2.75) is 95.8 Å². The zero-order valence-corrected chi connectivity index (χ0v) is 44.2. The van der Waals surface area contributed by atoms with E-state index in [1.54, 1.807) is 44.3 Å². The van der Waals surface area contributed by atoms with Gasteiger partial charge in [0.15, 0.2) is 5.78 Å². The Bertz CT molecular complexity index is 2700. The number of fused-ring (bicyclic) bond motifs is 1. The van der Waals surface area contributed by atoms with Crippen LogP contribution in [0.4, 0.5) is 8.78 Å². The van der Waals surface area contributed by atoms with E-state index >= 15 is 9.59 Å². The van der Waals surface area contributed by atoms with Crippen LogP contribution in [0.25, 0.3) is 11.3 Å². The van der Waals surface area contributed by atoms with Crippen molar-refractivity contribution in [2.24, 2.45) is 18.9 Å². The van der Waals surface area contributed by atoms with Crippen molar-refractivity contribution in [2.75, 3.05) is 46.9 Å². The lowest BCUT2D eigenvalue weighted by atomic mass is 9.83. The molecular weight excluding hydrogens is 997 g/mol. The lowest BCUT2D eigenvalue weighted by Gasteiger charge is -2.39. The lowest BCUT2D eigenvalue weighted by molar-refractivity contribution is -0.149. The van der Waals surface area contributed by atoms with Crippen LogP contribution >= 0.6 is 35.6 Å². The fraction of sp³-hybridized carbons (Fsp3) is 0.446. The van der Waals surface area contributed by atoms with Gasteiger partial charge in [-0.3, -0.25) is 24.1 Å². The van der Waals surface area contributed by atoms with Crippen LogP contribution in [0.1, 0.15) is 79.4 Å². The Morgan fingerprint density at radius 2 is 1.55 bits per heavy atom. The molecule has 1 aromatic heterocycles. The predicted octanol–water partition coefficient (Wildman–Crippen LogP) is 10.4. The van der Waals surface area contributed by atoms with E-state index in [4.69, 9.17) is 37.7 Å². The minimum absolute atomic E-state index is 0. The Labute approximate surface area is 443 Å². The molecule has 0 spiro atoms. The summed E-state index contributed by atoms with van der Waals surface area (Å²) in [4.78, 5) is 71.7. The van der Waals surface area contributed by atoms with Gasteiger partial charge in [-0.25, -0.2) is 13.8 Å². The van der Waals surface area contributed by atoms with Gasteiger partial charge in [-0.2, -0.15) is 0 Å². The van der Waals surface area contributed by atoms with Crippen molar-refractivity contribution in [3.63, 3.8) is 0 Å². The molecular formula is C56H65Cl3F2N6O6. The quantitative estimate of drug-likeness (QED) is 0.102. The Morgan fingerprint density at radius 1 is 0.836 bits per heavy atom. The normalized spacial score (nSPS) is 21.4. The van der Waals surface area contributed by atoms with Crippen molar-refractivity contribution >= 4 is 59.1 Å². The number of aromatic nitrogens is 2. The molecule has 5 atom stereocenters. The average Bonchev–Trinajstić information content (AvgIpc) is 4.14. The lowest BCUT2D eigenvalue weighted by Crippen LogP contribution is -2.53. The second-order valence-corrected chi connectivity index (χ2v) is 20.4. The molecule has 3 heterocycles. The summed E-state index contributed by atoms with van der Waals surface area (Å²) < 4.78 is 42.6. The summed E-state index contributed by atoms with van der Waals surface area (Å²) in [5.74, 6) is -2.27. The molecule has 0 bridgehead atoms. The molecule has 8 rings (SSSR count). The number of halogens is 5. The number of aryl methyl sites for hydroxylation is 1. The number of carbonyl (C=O) groups excluding carboxylic acids is 4. The van der Waals surface area contributed by atoms with E-state index in [2.05, 4.69) is 9.47 Å². The van der Waals surface area contributed by atoms with Crippen LogP contribution in [-0.2, 0) is 56.9 Å². The monoisotopic (exact) mass is 1060 g/mol. The van der Waals surface area contributed by atoms with Gasteiger partial charge in [0.25, 0.3) is 0 Å². The smallest absolute Gasteiger partial charge is 0.240 e. The third-order valence-corrected chi connectivity index (χ3v) is 15.3. The van der Waals surface area contributed by atoms with Crippen LogP contribution in [0.2, 0.25) is 10.0 Å². The van der Waals surface area contributed by atoms with Gasteiger partial charge >= 0.3 is 0 Å². The molecule has 3 aliphatic rings. The molecule has 2 aliphatic heterocycles. The molecule has 12 nitrogen and oxygen atoms in total. The van der Waals surface area contributed by atoms with Crippen molar-refractivity contribution < 1.29 is 37.4 Å². The number of hydrogen-bond donors (Lipinski definition) is 0. The van der Waals surface area contributed by atoms with E-state index < -0.39 is 60.4 Å². The molecule has 0 N–H and O–H groups in total. The highest BCUT2D eigenvalue weighted by Gasteiger charge is 2.42. The predicted molar refractivity (Wildman–Crippen MR) is 281 cm³/mol. The first kappa shape index (κ1) is 55.4. The van der Waals surface area contributed by atoms with Crippen LogP contribution in [0.15, 0.2) is 97.2 Å². The zero-order valence-electron chi connectivity index (χ0n) is 41.9. The van der Waals surface area contributed by atoms with Gasteiger partial charge in [-0.05, 0) is 123 Å². The van der Waals surface area contributed by atoms with Crippen LogP contribution in [0.5, 0.6) is 11.5 Å². The summed E-state index contributed by atoms with van der Waals surface area (Å²) >= 11 is 12.9. The van der Waals surface area contributed by atoms with Crippen molar-refractivity contribution in [1.82, 2.24) is 29.2 Å². The summed E-state index contributed by atoms with van der Waals surface area (Å²) in [6.07, 6.45) is 1.88. The van der Waals surface area contributed by atoms with E-state index in [-0.39, 0.29) is 63.7 Å². The Balaban J connectivity index is 0.00000780. The molecule has 3 amide bonds. The molecule has 390 valence electrons. The molecule has 0 saturated carbocycles. The number of ketones is 1. The number of Topliss-reactive ketones (excluding diaryl/α,β-unsaturated/α-hetero) is 1. The summed E-state index contributed by atoms with van der Waals surface area (Å²) in [5.41, 5.74) is 5.24. The number of amides is 3. The Morgan fingerprint density at radius 3 is 2.26 bits per heavy atom. The topological polar surface area (TPSA) is 118 Å². The Kier molecular flexibility index (Phi) is 19.1. The standard InChI is InChI=1S/C56H64Cl2F2N6O6.ClH/c1-36-50(67)28-41(35-71-4)55(69)62(2)44(27-37-11-17-42(57)18-12-37)33-65(26-23-52(59)60)56(70)48(47-22-16-38-9-5-6-10-46(38)47)30-54(68)66(36)32-40-13-19-43(58)29-51(40)72-45-20-14-39(15-21-45)49-31-61-53(63(49)3)34-64-24-7-8-25-64;/h5-6,9-15,17-21,29,31,36,41,44,47-48,52H,7-8,16,22-28,30,32-35H2,1-4H3;1H/t36-,41-,44+,47-,48-;/m0./s1. The molecule has 17 heteroatoms. The van der Waals surface area contributed by atoms with Crippen molar-refractivity contribution in [3.8, 4) is 22.8 Å². The highest BCUT2D eigenvalue weighted by molar-refractivity contribution is 6.31. The molecule has 2 saturated heterocycles. The van der Waals surface area contributed by atoms with E-state index in [9.17, 15) is 18.4 Å². The highest BCUT2D eigenvalue weighted by atomic mass is 35.5. The first-order chi connectivity index (χ1) is 34.7. The summed E-state index contributed by atoms with van der Waals surface area (Å²) in [6.45, 7) is 3.95. The second kappa shape index (κ2) is 25.2. The number of carbonyl (C=O) groups is 4. The molecule has 2 fully saturated rings. The largest absolute Gasteiger partial charge is 0.457 e. The number of benzene rings is 4. The molecule has 0 radical (unpaired) electrons. The van der Waals surface area contributed by atoms with Gasteiger partial charge < -0.3 is 28.7 Å². The van der Waals surface area contributed by atoms with Crippen LogP contribution in [0.3, 0.4) is 0 Å². The van der Waals surface area contributed by atoms with Gasteiger partial charge in [0.1, 0.15) is 17.3 Å². The van der Waals surface area contributed by atoms with Crippen LogP contribution in [0, 0.1) is 11.8 Å². The van der Waals surface area contributed by atoms with E-state index in [0.717, 1.165) is 53.4 Å². The number of likely N-dealkylation sites (N-methyl/N-ethyl adjacent to an activating group) is 1.